The maximum absolute atomic E-state index is 12.9. The average Bonchev–Trinajstić information content (AvgIpc) is 2.93. The Hall–Kier alpha value is -0.770. The van der Waals surface area contributed by atoms with E-state index in [1.54, 1.807) is 0 Å². The van der Waals surface area contributed by atoms with E-state index in [4.69, 9.17) is 10.5 Å². The molecule has 0 saturated heterocycles. The van der Waals surface area contributed by atoms with E-state index in [9.17, 15) is 4.39 Å². The highest BCUT2D eigenvalue weighted by Crippen LogP contribution is 2.35. The molecule has 1 aromatic rings. The van der Waals surface area contributed by atoms with Crippen LogP contribution in [0.4, 0.5) is 10.1 Å². The number of anilines is 1. The van der Waals surface area contributed by atoms with E-state index in [1.807, 2.05) is 0 Å². The molecule has 0 radical (unpaired) electrons. The summed E-state index contributed by atoms with van der Waals surface area (Å²) in [7, 11) is 0. The minimum Gasteiger partial charge on any atom is -0.490 e. The first-order valence-electron chi connectivity index (χ1n) is 5.04. The predicted molar refractivity (Wildman–Crippen MR) is 61.3 cm³/mol. The van der Waals surface area contributed by atoms with Gasteiger partial charge in [0.25, 0.3) is 0 Å². The zero-order valence-electron chi connectivity index (χ0n) is 8.30. The highest BCUT2D eigenvalue weighted by Gasteiger charge is 2.21. The molecule has 4 heteroatoms. The number of hydrogen-bond acceptors (Lipinski definition) is 2. The van der Waals surface area contributed by atoms with Crippen molar-refractivity contribution < 1.29 is 9.13 Å². The summed E-state index contributed by atoms with van der Waals surface area (Å²) in [5.41, 5.74) is 6.00. The molecule has 2 N–H and O–H groups in total. The number of rotatable bonds is 4. The Bertz CT molecular complexity index is 343. The summed E-state index contributed by atoms with van der Waals surface area (Å²) >= 11 is 3.24. The molecule has 1 fully saturated rings. The molecule has 0 aromatic heterocycles. The maximum atomic E-state index is 12.9. The van der Waals surface area contributed by atoms with Gasteiger partial charge in [-0.3, -0.25) is 0 Å². The van der Waals surface area contributed by atoms with Gasteiger partial charge in [0.2, 0.25) is 0 Å². The van der Waals surface area contributed by atoms with Gasteiger partial charge in [0.15, 0.2) is 5.75 Å². The van der Waals surface area contributed by atoms with Gasteiger partial charge in [-0.05, 0) is 34.3 Å². The van der Waals surface area contributed by atoms with Crippen molar-refractivity contribution in [2.45, 2.75) is 19.3 Å². The van der Waals surface area contributed by atoms with Crippen molar-refractivity contribution in [3.8, 4) is 5.75 Å². The van der Waals surface area contributed by atoms with Gasteiger partial charge < -0.3 is 10.5 Å². The van der Waals surface area contributed by atoms with Crippen molar-refractivity contribution in [3.05, 3.63) is 22.4 Å². The molecular formula is C11H13BrFNO. The van der Waals surface area contributed by atoms with Crippen LogP contribution in [0.1, 0.15) is 19.3 Å². The smallest absolute Gasteiger partial charge is 0.156 e. The molecule has 2 rings (SSSR count). The van der Waals surface area contributed by atoms with Crippen LogP contribution in [0.3, 0.4) is 0 Å². The van der Waals surface area contributed by atoms with E-state index in [-0.39, 0.29) is 5.82 Å². The first kappa shape index (κ1) is 10.7. The van der Waals surface area contributed by atoms with Crippen LogP contribution in [0.5, 0.6) is 5.75 Å². The summed E-state index contributed by atoms with van der Waals surface area (Å²) in [5, 5.41) is 0. The average molecular weight is 274 g/mol. The second kappa shape index (κ2) is 4.39. The quantitative estimate of drug-likeness (QED) is 0.854. The summed E-state index contributed by atoms with van der Waals surface area (Å²) in [6.07, 6.45) is 3.68. The molecule has 1 aliphatic carbocycles. The third-order valence-corrected chi connectivity index (χ3v) is 3.10. The van der Waals surface area contributed by atoms with Crippen LogP contribution in [0.2, 0.25) is 0 Å². The van der Waals surface area contributed by atoms with Crippen molar-refractivity contribution in [1.29, 1.82) is 0 Å². The Morgan fingerprint density at radius 1 is 1.47 bits per heavy atom. The summed E-state index contributed by atoms with van der Waals surface area (Å²) in [6.45, 7) is 0.652. The van der Waals surface area contributed by atoms with Gasteiger partial charge in [-0.15, -0.1) is 0 Å². The molecule has 0 amide bonds. The largest absolute Gasteiger partial charge is 0.490 e. The zero-order valence-corrected chi connectivity index (χ0v) is 9.89. The van der Waals surface area contributed by atoms with Crippen molar-refractivity contribution in [3.63, 3.8) is 0 Å². The predicted octanol–water partition coefficient (Wildman–Crippen LogP) is 3.35. The zero-order chi connectivity index (χ0) is 10.8. The van der Waals surface area contributed by atoms with E-state index in [0.29, 0.717) is 22.5 Å². The van der Waals surface area contributed by atoms with Crippen molar-refractivity contribution in [2.75, 3.05) is 12.3 Å². The molecule has 1 saturated carbocycles. The van der Waals surface area contributed by atoms with E-state index < -0.39 is 0 Å². The number of ether oxygens (including phenoxy) is 1. The third-order valence-electron chi connectivity index (χ3n) is 2.51. The monoisotopic (exact) mass is 273 g/mol. The molecule has 0 aliphatic heterocycles. The van der Waals surface area contributed by atoms with Gasteiger partial charge in [-0.25, -0.2) is 4.39 Å². The molecule has 0 unspecified atom stereocenters. The van der Waals surface area contributed by atoms with E-state index in [1.165, 1.54) is 25.0 Å². The molecule has 0 bridgehead atoms. The van der Waals surface area contributed by atoms with Gasteiger partial charge in [0.1, 0.15) is 5.82 Å². The lowest BCUT2D eigenvalue weighted by Crippen LogP contribution is -2.02. The third kappa shape index (κ3) is 2.84. The highest BCUT2D eigenvalue weighted by molar-refractivity contribution is 9.10. The first-order chi connectivity index (χ1) is 7.16. The second-order valence-corrected chi connectivity index (χ2v) is 4.74. The molecule has 1 aliphatic rings. The molecule has 0 spiro atoms. The standard InChI is InChI=1S/C11H13BrFNO/c12-9-5-8(13)6-10(14)11(9)15-4-3-7-1-2-7/h5-7H,1-4,14H2. The van der Waals surface area contributed by atoms with Crippen LogP contribution in [0.15, 0.2) is 16.6 Å². The van der Waals surface area contributed by atoms with E-state index in [0.717, 1.165) is 12.3 Å². The van der Waals surface area contributed by atoms with E-state index in [2.05, 4.69) is 15.9 Å². The SMILES string of the molecule is Nc1cc(F)cc(Br)c1OCCC1CC1. The Balaban J connectivity index is 1.99. The van der Waals surface area contributed by atoms with Crippen LogP contribution in [-0.4, -0.2) is 6.61 Å². The lowest BCUT2D eigenvalue weighted by atomic mass is 10.3. The van der Waals surface area contributed by atoms with Crippen LogP contribution < -0.4 is 10.5 Å². The van der Waals surface area contributed by atoms with Crippen molar-refractivity contribution in [1.82, 2.24) is 0 Å². The molecule has 1 aromatic carbocycles. The highest BCUT2D eigenvalue weighted by atomic mass is 79.9. The minimum absolute atomic E-state index is 0.345. The summed E-state index contributed by atoms with van der Waals surface area (Å²) in [6, 6.07) is 2.64. The van der Waals surface area contributed by atoms with Crippen LogP contribution in [0.25, 0.3) is 0 Å². The van der Waals surface area contributed by atoms with Gasteiger partial charge in [0, 0.05) is 6.07 Å². The number of hydrogen-bond donors (Lipinski definition) is 1. The van der Waals surface area contributed by atoms with Crippen molar-refractivity contribution in [2.24, 2.45) is 5.92 Å². The van der Waals surface area contributed by atoms with Gasteiger partial charge in [-0.2, -0.15) is 0 Å². The molecule has 0 atom stereocenters. The van der Waals surface area contributed by atoms with E-state index >= 15 is 0 Å². The second-order valence-electron chi connectivity index (χ2n) is 3.89. The number of nitrogens with two attached hydrogens (primary N) is 1. The molecule has 2 nitrogen and oxygen atoms in total. The first-order valence-corrected chi connectivity index (χ1v) is 5.83. The topological polar surface area (TPSA) is 35.2 Å². The normalized spacial score (nSPS) is 15.3. The summed E-state index contributed by atoms with van der Waals surface area (Å²) < 4.78 is 19.0. The molecule has 82 valence electrons. The van der Waals surface area contributed by atoms with Gasteiger partial charge in [0.05, 0.1) is 16.8 Å². The lowest BCUT2D eigenvalue weighted by molar-refractivity contribution is 0.302. The minimum atomic E-state index is -0.353. The van der Waals surface area contributed by atoms with Crippen molar-refractivity contribution >= 4 is 21.6 Å². The van der Waals surface area contributed by atoms with Crippen LogP contribution in [0, 0.1) is 11.7 Å². The summed E-state index contributed by atoms with van der Waals surface area (Å²) in [4.78, 5) is 0. The summed E-state index contributed by atoms with van der Waals surface area (Å²) in [5.74, 6) is 1.02. The maximum Gasteiger partial charge on any atom is 0.156 e. The lowest BCUT2D eigenvalue weighted by Gasteiger charge is -2.10. The fraction of sp³-hybridized carbons (Fsp3) is 0.455. The number of nitrogen functional groups attached to an aromatic ring is 1. The number of benzene rings is 1. The van der Waals surface area contributed by atoms with Crippen LogP contribution in [-0.2, 0) is 0 Å². The fourth-order valence-electron chi connectivity index (χ4n) is 1.47. The van der Waals surface area contributed by atoms with Gasteiger partial charge in [-0.1, -0.05) is 12.8 Å². The van der Waals surface area contributed by atoms with Crippen LogP contribution >= 0.6 is 15.9 Å². The molecule has 0 heterocycles. The Labute approximate surface area is 96.7 Å². The molecular weight excluding hydrogens is 261 g/mol. The Kier molecular flexibility index (Phi) is 3.14. The molecule has 15 heavy (non-hydrogen) atoms. The Morgan fingerprint density at radius 2 is 2.20 bits per heavy atom. The fourth-order valence-corrected chi connectivity index (χ4v) is 2.03. The van der Waals surface area contributed by atoms with Gasteiger partial charge >= 0.3 is 0 Å². The Morgan fingerprint density at radius 3 is 2.80 bits per heavy atom. The number of halogens is 2.